The van der Waals surface area contributed by atoms with E-state index in [2.05, 4.69) is 0 Å². The number of ether oxygens (including phenoxy) is 1. The summed E-state index contributed by atoms with van der Waals surface area (Å²) in [5.41, 5.74) is -2.53. The van der Waals surface area contributed by atoms with Gasteiger partial charge in [-0.2, -0.15) is 0 Å². The van der Waals surface area contributed by atoms with Crippen LogP contribution in [0.4, 0.5) is 11.4 Å². The predicted octanol–water partition coefficient (Wildman–Crippen LogP) is 2.95. The maximum atomic E-state index is 12.8. The van der Waals surface area contributed by atoms with Gasteiger partial charge in [-0.3, -0.25) is 20.2 Å². The van der Waals surface area contributed by atoms with Gasteiger partial charge < -0.3 is 9.84 Å². The minimum Gasteiger partial charge on any atom is -0.871 e. The molecule has 0 radical (unpaired) electrons. The number of rotatable bonds is 6. The average molecular weight is 392 g/mol. The van der Waals surface area contributed by atoms with Gasteiger partial charge in [0.2, 0.25) is 0 Å². The van der Waals surface area contributed by atoms with E-state index in [0.29, 0.717) is 6.07 Å². The van der Waals surface area contributed by atoms with E-state index in [4.69, 9.17) is 16.3 Å². The summed E-state index contributed by atoms with van der Waals surface area (Å²) >= 11 is 5.84. The van der Waals surface area contributed by atoms with Gasteiger partial charge in [0.1, 0.15) is 5.02 Å². The van der Waals surface area contributed by atoms with Gasteiger partial charge in [0.15, 0.2) is 0 Å². The third-order valence-electron chi connectivity index (χ3n) is 3.47. The van der Waals surface area contributed by atoms with Crippen LogP contribution in [0.25, 0.3) is 11.3 Å². The highest BCUT2D eigenvalue weighted by molar-refractivity contribution is 6.33. The Bertz CT molecular complexity index is 942. The summed E-state index contributed by atoms with van der Waals surface area (Å²) < 4.78 is 4.86. The summed E-state index contributed by atoms with van der Waals surface area (Å²) in [4.78, 5) is 33.0. The van der Waals surface area contributed by atoms with Gasteiger partial charge in [-0.25, -0.2) is 4.79 Å². The summed E-state index contributed by atoms with van der Waals surface area (Å²) in [6, 6.07) is 9.04. The largest absolute Gasteiger partial charge is 0.871 e. The number of carbonyl (C=O) groups is 1. The molecule has 0 spiro atoms. The standard InChI is InChI=1S/C17H13ClN2O7/c1-2-27-17(22)15(16(21)10-6-4-3-5-7-10)11-8-12(18)14(20(25)26)9-13(11)19(23)24/h3-9,21H,2H2,1H3/p-1. The molecule has 0 aliphatic heterocycles. The maximum Gasteiger partial charge on any atom is 0.338 e. The van der Waals surface area contributed by atoms with E-state index >= 15 is 0 Å². The van der Waals surface area contributed by atoms with Crippen molar-refractivity contribution in [3.8, 4) is 0 Å². The Balaban J connectivity index is 2.85. The Kier molecular flexibility index (Phi) is 6.09. The number of nitro benzene ring substituents is 2. The fourth-order valence-corrected chi connectivity index (χ4v) is 2.54. The monoisotopic (exact) mass is 391 g/mol. The quantitative estimate of drug-likeness (QED) is 0.184. The Labute approximate surface area is 157 Å². The topological polar surface area (TPSA) is 136 Å². The molecule has 2 aromatic carbocycles. The maximum absolute atomic E-state index is 12.8. The lowest BCUT2D eigenvalue weighted by molar-refractivity contribution is -0.394. The molecule has 0 aromatic heterocycles. The zero-order chi connectivity index (χ0) is 20.1. The van der Waals surface area contributed by atoms with Gasteiger partial charge in [0, 0.05) is 0 Å². The summed E-state index contributed by atoms with van der Waals surface area (Å²) in [6.07, 6.45) is 0. The lowest BCUT2D eigenvalue weighted by Crippen LogP contribution is -2.16. The summed E-state index contributed by atoms with van der Waals surface area (Å²) in [6.45, 7) is 1.42. The first-order chi connectivity index (χ1) is 12.8. The first kappa shape index (κ1) is 19.9. The van der Waals surface area contributed by atoms with Crippen LogP contribution in [0.2, 0.25) is 5.02 Å². The number of hydrogen-bond acceptors (Lipinski definition) is 7. The number of halogens is 1. The molecule has 0 atom stereocenters. The van der Waals surface area contributed by atoms with Crippen LogP contribution in [-0.2, 0) is 9.53 Å². The van der Waals surface area contributed by atoms with Crippen LogP contribution in [0.5, 0.6) is 0 Å². The van der Waals surface area contributed by atoms with Crippen LogP contribution in [-0.4, -0.2) is 22.4 Å². The van der Waals surface area contributed by atoms with Gasteiger partial charge in [-0.1, -0.05) is 47.7 Å². The van der Waals surface area contributed by atoms with E-state index in [1.807, 2.05) is 0 Å². The molecular weight excluding hydrogens is 380 g/mol. The minimum absolute atomic E-state index is 0.0844. The van der Waals surface area contributed by atoms with Crippen molar-refractivity contribution in [3.63, 3.8) is 0 Å². The molecule has 0 aliphatic carbocycles. The Morgan fingerprint density at radius 3 is 2.19 bits per heavy atom. The number of hydrogen-bond donors (Lipinski definition) is 0. The second-order valence-corrected chi connectivity index (χ2v) is 5.53. The van der Waals surface area contributed by atoms with Crippen molar-refractivity contribution >= 4 is 40.3 Å². The molecule has 9 nitrogen and oxygen atoms in total. The molecule has 0 saturated carbocycles. The molecule has 0 heterocycles. The smallest absolute Gasteiger partial charge is 0.338 e. The normalized spacial score (nSPS) is 11.5. The molecule has 0 unspecified atom stereocenters. The van der Waals surface area contributed by atoms with Gasteiger partial charge in [0.25, 0.3) is 11.4 Å². The zero-order valence-electron chi connectivity index (χ0n) is 13.9. The fourth-order valence-electron chi connectivity index (χ4n) is 2.30. The van der Waals surface area contributed by atoms with Crippen molar-refractivity contribution in [1.82, 2.24) is 0 Å². The summed E-state index contributed by atoms with van der Waals surface area (Å²) in [7, 11) is 0. The number of benzene rings is 2. The zero-order valence-corrected chi connectivity index (χ0v) is 14.6. The van der Waals surface area contributed by atoms with Crippen molar-refractivity contribution in [1.29, 1.82) is 0 Å². The molecule has 10 heteroatoms. The second-order valence-electron chi connectivity index (χ2n) is 5.13. The highest BCUT2D eigenvalue weighted by Gasteiger charge is 2.29. The first-order valence-corrected chi connectivity index (χ1v) is 7.92. The van der Waals surface area contributed by atoms with Crippen molar-refractivity contribution in [2.24, 2.45) is 0 Å². The van der Waals surface area contributed by atoms with Crippen LogP contribution in [0.3, 0.4) is 0 Å². The predicted molar refractivity (Wildman–Crippen MR) is 94.6 cm³/mol. The molecule has 0 fully saturated rings. The molecule has 0 bridgehead atoms. The number of nitrogens with zero attached hydrogens (tertiary/aromatic N) is 2. The van der Waals surface area contributed by atoms with Crippen LogP contribution < -0.4 is 5.11 Å². The van der Waals surface area contributed by atoms with E-state index in [1.54, 1.807) is 18.2 Å². The number of carbonyl (C=O) groups excluding carboxylic acids is 1. The van der Waals surface area contributed by atoms with Crippen molar-refractivity contribution in [3.05, 3.63) is 78.8 Å². The molecule has 27 heavy (non-hydrogen) atoms. The highest BCUT2D eigenvalue weighted by atomic mass is 35.5. The van der Waals surface area contributed by atoms with Crippen LogP contribution in [0, 0.1) is 20.2 Å². The summed E-state index contributed by atoms with van der Waals surface area (Å²) in [5.74, 6) is -1.93. The molecule has 2 aromatic rings. The van der Waals surface area contributed by atoms with Crippen molar-refractivity contribution in [2.75, 3.05) is 6.61 Å². The third-order valence-corrected chi connectivity index (χ3v) is 3.77. The van der Waals surface area contributed by atoms with E-state index in [1.165, 1.54) is 19.1 Å². The van der Waals surface area contributed by atoms with E-state index in [9.17, 15) is 30.1 Å². The molecule has 140 valence electrons. The van der Waals surface area contributed by atoms with Gasteiger partial charge in [0.05, 0.1) is 33.7 Å². The van der Waals surface area contributed by atoms with Crippen LogP contribution in [0.15, 0.2) is 42.5 Å². The lowest BCUT2D eigenvalue weighted by Gasteiger charge is -2.19. The first-order valence-electron chi connectivity index (χ1n) is 7.54. The van der Waals surface area contributed by atoms with Crippen LogP contribution in [0.1, 0.15) is 18.1 Å². The van der Waals surface area contributed by atoms with Crippen molar-refractivity contribution < 1.29 is 24.5 Å². The van der Waals surface area contributed by atoms with Gasteiger partial charge in [-0.15, -0.1) is 0 Å². The third kappa shape index (κ3) is 4.21. The second kappa shape index (κ2) is 8.28. The fraction of sp³-hybridized carbons (Fsp3) is 0.118. The molecule has 0 aliphatic rings. The molecular formula is C17H12ClN2O7-. The number of nitro groups is 2. The van der Waals surface area contributed by atoms with Crippen LogP contribution >= 0.6 is 11.6 Å². The minimum atomic E-state index is -1.10. The molecule has 0 saturated heterocycles. The molecule has 0 N–H and O–H groups in total. The average Bonchev–Trinajstić information content (AvgIpc) is 2.62. The summed E-state index contributed by atoms with van der Waals surface area (Å²) in [5, 5.41) is 34.8. The molecule has 0 amide bonds. The Hall–Kier alpha value is -3.46. The number of esters is 1. The van der Waals surface area contributed by atoms with Gasteiger partial charge >= 0.3 is 5.97 Å². The van der Waals surface area contributed by atoms with E-state index < -0.39 is 49.1 Å². The van der Waals surface area contributed by atoms with E-state index in [0.717, 1.165) is 6.07 Å². The molecule has 2 rings (SSSR count). The Morgan fingerprint density at radius 2 is 1.67 bits per heavy atom. The van der Waals surface area contributed by atoms with Crippen molar-refractivity contribution in [2.45, 2.75) is 6.92 Å². The van der Waals surface area contributed by atoms with E-state index in [-0.39, 0.29) is 12.2 Å². The Morgan fingerprint density at radius 1 is 1.07 bits per heavy atom. The van der Waals surface area contributed by atoms with Gasteiger partial charge in [-0.05, 0) is 18.6 Å². The SMILES string of the molecule is CCOC(=O)C(=C([O-])c1ccccc1)c1cc(Cl)c([N+](=O)[O-])cc1[N+](=O)[O-]. The highest BCUT2D eigenvalue weighted by Crippen LogP contribution is 2.38. The lowest BCUT2D eigenvalue weighted by atomic mass is 9.98.